The number of rotatable bonds is 2. The molecule has 0 aliphatic carbocycles. The lowest BCUT2D eigenvalue weighted by Gasteiger charge is -2.04. The third-order valence-corrected chi connectivity index (χ3v) is 2.51. The van der Waals surface area contributed by atoms with Gasteiger partial charge in [-0.05, 0) is 11.1 Å². The second kappa shape index (κ2) is 5.07. The minimum Gasteiger partial charge on any atom is -0.223 e. The van der Waals surface area contributed by atoms with Crippen molar-refractivity contribution in [2.24, 2.45) is 3.21 Å². The smallest absolute Gasteiger partial charge is 0.0831 e. The first-order valence-corrected chi connectivity index (χ1v) is 5.67. The van der Waals surface area contributed by atoms with Crippen molar-refractivity contribution in [1.82, 2.24) is 0 Å². The van der Waals surface area contributed by atoms with Gasteiger partial charge in [0.1, 0.15) is 0 Å². The maximum Gasteiger partial charge on any atom is 0.0831 e. The summed E-state index contributed by atoms with van der Waals surface area (Å²) in [6.07, 6.45) is 1.88. The van der Waals surface area contributed by atoms with Crippen molar-refractivity contribution in [3.05, 3.63) is 60.2 Å². The Hall–Kier alpha value is -1.16. The van der Waals surface area contributed by atoms with E-state index in [9.17, 15) is 0 Å². The Balaban J connectivity index is 2.53. The van der Waals surface area contributed by atoms with Crippen molar-refractivity contribution in [3.63, 3.8) is 0 Å². The molecule has 2 rings (SSSR count). The molecule has 0 aliphatic heterocycles. The van der Waals surface area contributed by atoms with Gasteiger partial charge in [-0.3, -0.25) is 0 Å². The molecule has 2 heteroatoms. The van der Waals surface area contributed by atoms with Crippen LogP contribution in [0.25, 0.3) is 11.1 Å². The zero-order valence-corrected chi connectivity index (χ0v) is 10.3. The summed E-state index contributed by atoms with van der Waals surface area (Å²) in [5.41, 5.74) is 3.60. The topological polar surface area (TPSA) is 12.4 Å². The first-order valence-electron chi connectivity index (χ1n) is 4.70. The van der Waals surface area contributed by atoms with Gasteiger partial charge in [-0.15, -0.1) is 0 Å². The Labute approximate surface area is 103 Å². The van der Waals surface area contributed by atoms with Gasteiger partial charge in [0.25, 0.3) is 0 Å². The molecule has 2 aromatic carbocycles. The number of nitrogens with zero attached hydrogens (tertiary/aromatic N) is 1. The monoisotopic (exact) mass is 307 g/mol. The van der Waals surface area contributed by atoms with Gasteiger partial charge in [0.05, 0.1) is 22.9 Å². The molecule has 0 atom stereocenters. The van der Waals surface area contributed by atoms with Crippen LogP contribution in [0.2, 0.25) is 0 Å². The standard InChI is InChI=1S/C13H10IN/c14-15-10-12-8-4-5-9-13(12)11-6-2-1-3-7-11/h1-10H. The molecule has 15 heavy (non-hydrogen) atoms. The highest BCUT2D eigenvalue weighted by atomic mass is 127. The van der Waals surface area contributed by atoms with Crippen molar-refractivity contribution >= 4 is 29.1 Å². The molecular formula is C13H10IN. The molecule has 0 unspecified atom stereocenters. The maximum absolute atomic E-state index is 4.04. The van der Waals surface area contributed by atoms with Crippen LogP contribution in [0.15, 0.2) is 57.8 Å². The summed E-state index contributed by atoms with van der Waals surface area (Å²) in [7, 11) is 0. The Morgan fingerprint density at radius 2 is 1.53 bits per heavy atom. The minimum absolute atomic E-state index is 1.15. The Morgan fingerprint density at radius 1 is 0.867 bits per heavy atom. The summed E-state index contributed by atoms with van der Waals surface area (Å²) >= 11 is 2.00. The zero-order valence-electron chi connectivity index (χ0n) is 8.10. The summed E-state index contributed by atoms with van der Waals surface area (Å²) in [4.78, 5) is 0. The largest absolute Gasteiger partial charge is 0.223 e. The highest BCUT2D eigenvalue weighted by Gasteiger charge is 2.00. The summed E-state index contributed by atoms with van der Waals surface area (Å²) in [6.45, 7) is 0. The van der Waals surface area contributed by atoms with Crippen LogP contribution in [0.5, 0.6) is 0 Å². The minimum atomic E-state index is 1.15. The average molecular weight is 307 g/mol. The van der Waals surface area contributed by atoms with E-state index in [1.165, 1.54) is 11.1 Å². The van der Waals surface area contributed by atoms with Crippen LogP contribution < -0.4 is 0 Å². The van der Waals surface area contributed by atoms with E-state index >= 15 is 0 Å². The fraction of sp³-hybridized carbons (Fsp3) is 0. The van der Waals surface area contributed by atoms with Crippen LogP contribution in [0.3, 0.4) is 0 Å². The molecule has 0 aromatic heterocycles. The van der Waals surface area contributed by atoms with Crippen LogP contribution in [0.1, 0.15) is 5.56 Å². The van der Waals surface area contributed by atoms with E-state index < -0.39 is 0 Å². The molecule has 0 heterocycles. The second-order valence-electron chi connectivity index (χ2n) is 3.18. The highest BCUT2D eigenvalue weighted by Crippen LogP contribution is 2.22. The first-order chi connectivity index (χ1) is 7.42. The van der Waals surface area contributed by atoms with Gasteiger partial charge in [0.2, 0.25) is 0 Å². The fourth-order valence-corrected chi connectivity index (χ4v) is 1.84. The molecule has 0 aliphatic rings. The Kier molecular flexibility index (Phi) is 3.50. The van der Waals surface area contributed by atoms with Gasteiger partial charge in [-0.1, -0.05) is 54.6 Å². The maximum atomic E-state index is 4.04. The van der Waals surface area contributed by atoms with Crippen LogP contribution >= 0.6 is 22.9 Å². The quantitative estimate of drug-likeness (QED) is 0.584. The molecule has 2 aromatic rings. The molecule has 1 nitrogen and oxygen atoms in total. The molecule has 0 saturated heterocycles. The number of benzene rings is 2. The van der Waals surface area contributed by atoms with Crippen molar-refractivity contribution in [2.45, 2.75) is 0 Å². The van der Waals surface area contributed by atoms with E-state index in [0.29, 0.717) is 0 Å². The molecule has 0 N–H and O–H groups in total. The third kappa shape index (κ3) is 2.45. The predicted molar refractivity (Wildman–Crippen MR) is 73.5 cm³/mol. The van der Waals surface area contributed by atoms with Gasteiger partial charge < -0.3 is 0 Å². The molecule has 0 bridgehead atoms. The number of hydrogen-bond donors (Lipinski definition) is 0. The lowest BCUT2D eigenvalue weighted by molar-refractivity contribution is 1.60. The van der Waals surface area contributed by atoms with Crippen LogP contribution in [0.4, 0.5) is 0 Å². The van der Waals surface area contributed by atoms with E-state index in [0.717, 1.165) is 5.56 Å². The van der Waals surface area contributed by atoms with Gasteiger partial charge >= 0.3 is 0 Å². The van der Waals surface area contributed by atoms with E-state index in [1.54, 1.807) is 0 Å². The van der Waals surface area contributed by atoms with Gasteiger partial charge in [-0.2, -0.15) is 0 Å². The van der Waals surface area contributed by atoms with Crippen molar-refractivity contribution in [2.75, 3.05) is 0 Å². The molecule has 74 valence electrons. The SMILES string of the molecule is IN=Cc1ccccc1-c1ccccc1. The molecule has 0 saturated carbocycles. The van der Waals surface area contributed by atoms with Crippen molar-refractivity contribution in [1.29, 1.82) is 0 Å². The number of hydrogen-bond acceptors (Lipinski definition) is 1. The summed E-state index contributed by atoms with van der Waals surface area (Å²) < 4.78 is 4.04. The van der Waals surface area contributed by atoms with E-state index in [-0.39, 0.29) is 0 Å². The highest BCUT2D eigenvalue weighted by molar-refractivity contribution is 14.1. The molecular weight excluding hydrogens is 297 g/mol. The third-order valence-electron chi connectivity index (χ3n) is 2.23. The Bertz CT molecular complexity index is 463. The van der Waals surface area contributed by atoms with Crippen molar-refractivity contribution in [3.8, 4) is 11.1 Å². The summed E-state index contributed by atoms with van der Waals surface area (Å²) in [6, 6.07) is 18.6. The molecule has 0 spiro atoms. The van der Waals surface area contributed by atoms with Gasteiger partial charge in [0.15, 0.2) is 0 Å². The first kappa shape index (κ1) is 10.4. The van der Waals surface area contributed by atoms with Crippen LogP contribution in [0, 0.1) is 0 Å². The van der Waals surface area contributed by atoms with E-state index in [2.05, 4.69) is 27.5 Å². The lowest BCUT2D eigenvalue weighted by atomic mass is 10.0. The average Bonchev–Trinajstić information content (AvgIpc) is 2.31. The predicted octanol–water partition coefficient (Wildman–Crippen LogP) is 4.12. The molecule has 0 amide bonds. The molecule has 0 fully saturated rings. The summed E-state index contributed by atoms with van der Waals surface area (Å²) in [5, 5.41) is 0. The number of halogens is 1. The Morgan fingerprint density at radius 3 is 2.27 bits per heavy atom. The van der Waals surface area contributed by atoms with E-state index in [1.807, 2.05) is 59.4 Å². The second-order valence-corrected chi connectivity index (χ2v) is 3.74. The molecule has 0 radical (unpaired) electrons. The van der Waals surface area contributed by atoms with Gasteiger partial charge in [0, 0.05) is 11.8 Å². The lowest BCUT2D eigenvalue weighted by Crippen LogP contribution is -1.86. The van der Waals surface area contributed by atoms with E-state index in [4.69, 9.17) is 0 Å². The zero-order chi connectivity index (χ0) is 10.5. The van der Waals surface area contributed by atoms with Crippen LogP contribution in [-0.2, 0) is 0 Å². The van der Waals surface area contributed by atoms with Crippen LogP contribution in [-0.4, -0.2) is 6.21 Å². The fourth-order valence-electron chi connectivity index (χ4n) is 1.54. The van der Waals surface area contributed by atoms with Crippen molar-refractivity contribution < 1.29 is 0 Å². The van der Waals surface area contributed by atoms with Gasteiger partial charge in [-0.25, -0.2) is 3.21 Å². The normalized spacial score (nSPS) is 10.7. The summed E-state index contributed by atoms with van der Waals surface area (Å²) in [5.74, 6) is 0.